The Bertz CT molecular complexity index is 589. The number of hydrogen-bond acceptors (Lipinski definition) is 5. The number of fused-ring (bicyclic) bond motifs is 1. The Kier molecular flexibility index (Phi) is 2.86. The maximum absolute atomic E-state index is 11.2. The number of oxazole rings is 1. The summed E-state index contributed by atoms with van der Waals surface area (Å²) in [5.74, 6) is -0.379. The third-order valence-electron chi connectivity index (χ3n) is 2.76. The minimum absolute atomic E-state index is 0.352. The molecule has 2 rings (SSSR count). The summed E-state index contributed by atoms with van der Waals surface area (Å²) in [6.45, 7) is 3.86. The summed E-state index contributed by atoms with van der Waals surface area (Å²) < 4.78 is 5.47. The molecule has 5 N–H and O–H groups in total. The molecule has 0 radical (unpaired) electrons. The van der Waals surface area contributed by atoms with Gasteiger partial charge in [0.15, 0.2) is 5.58 Å². The van der Waals surface area contributed by atoms with Gasteiger partial charge in [-0.2, -0.15) is 4.98 Å². The molecule has 0 bridgehead atoms. The Morgan fingerprint density at radius 3 is 2.89 bits per heavy atom. The van der Waals surface area contributed by atoms with Gasteiger partial charge in [-0.05, 0) is 26.0 Å². The van der Waals surface area contributed by atoms with E-state index in [1.165, 1.54) is 0 Å². The highest BCUT2D eigenvalue weighted by atomic mass is 16.4. The van der Waals surface area contributed by atoms with Crippen LogP contribution in [0.5, 0.6) is 0 Å². The Morgan fingerprint density at radius 1 is 1.50 bits per heavy atom. The molecule has 1 heterocycles. The number of nitrogens with two attached hydrogens (primary N) is 2. The van der Waals surface area contributed by atoms with Crippen LogP contribution in [0, 0.1) is 5.41 Å². The molecule has 18 heavy (non-hydrogen) atoms. The van der Waals surface area contributed by atoms with E-state index in [2.05, 4.69) is 10.3 Å². The molecular weight excluding hydrogens is 232 g/mol. The lowest BCUT2D eigenvalue weighted by Gasteiger charge is -2.19. The maximum Gasteiger partial charge on any atom is 0.295 e. The molecule has 6 nitrogen and oxygen atoms in total. The number of hydrogen-bond donors (Lipinski definition) is 3. The number of aromatic nitrogens is 1. The third kappa shape index (κ3) is 2.37. The van der Waals surface area contributed by atoms with Crippen LogP contribution in [0.4, 0.5) is 11.7 Å². The van der Waals surface area contributed by atoms with Crippen LogP contribution in [0.1, 0.15) is 13.8 Å². The average Bonchev–Trinajstić information content (AvgIpc) is 2.68. The molecular formula is C12H16N4O2. The molecule has 1 aromatic heterocycles. The first-order valence-corrected chi connectivity index (χ1v) is 5.58. The van der Waals surface area contributed by atoms with E-state index in [-0.39, 0.29) is 5.91 Å². The van der Waals surface area contributed by atoms with Crippen molar-refractivity contribution in [3.05, 3.63) is 18.2 Å². The van der Waals surface area contributed by atoms with Crippen molar-refractivity contribution in [1.29, 1.82) is 0 Å². The van der Waals surface area contributed by atoms with Gasteiger partial charge in [-0.3, -0.25) is 4.79 Å². The second-order valence-electron chi connectivity index (χ2n) is 4.85. The minimum Gasteiger partial charge on any atom is -0.423 e. The summed E-state index contributed by atoms with van der Waals surface area (Å²) in [6, 6.07) is 5.58. The van der Waals surface area contributed by atoms with Gasteiger partial charge in [0.25, 0.3) is 6.01 Å². The Labute approximate surface area is 104 Å². The number of benzene rings is 1. The molecule has 0 aliphatic heterocycles. The molecule has 6 heteroatoms. The zero-order valence-corrected chi connectivity index (χ0v) is 10.4. The number of anilines is 2. The van der Waals surface area contributed by atoms with Crippen LogP contribution in [0.2, 0.25) is 0 Å². The molecule has 96 valence electrons. The van der Waals surface area contributed by atoms with Crippen LogP contribution < -0.4 is 16.8 Å². The fourth-order valence-electron chi connectivity index (χ4n) is 1.40. The number of carbonyl (C=O) groups is 1. The van der Waals surface area contributed by atoms with Gasteiger partial charge >= 0.3 is 0 Å². The predicted octanol–water partition coefficient (Wildman–Crippen LogP) is 1.33. The molecule has 1 aromatic carbocycles. The van der Waals surface area contributed by atoms with Gasteiger partial charge in [0.2, 0.25) is 5.91 Å². The maximum atomic E-state index is 11.2. The highest BCUT2D eigenvalue weighted by Crippen LogP contribution is 2.22. The number of rotatable bonds is 4. The van der Waals surface area contributed by atoms with Crippen molar-refractivity contribution in [1.82, 2.24) is 4.98 Å². The molecule has 1 amide bonds. The molecule has 0 aliphatic rings. The van der Waals surface area contributed by atoms with Crippen molar-refractivity contribution in [3.8, 4) is 0 Å². The van der Waals surface area contributed by atoms with Gasteiger partial charge in [0, 0.05) is 18.3 Å². The summed E-state index contributed by atoms with van der Waals surface area (Å²) in [4.78, 5) is 15.4. The summed E-state index contributed by atoms with van der Waals surface area (Å²) in [5, 5.41) is 2.96. The number of nitrogens with one attached hydrogen (secondary N) is 1. The fraction of sp³-hybridized carbons (Fsp3) is 0.333. The lowest BCUT2D eigenvalue weighted by molar-refractivity contribution is -0.125. The van der Waals surface area contributed by atoms with Gasteiger partial charge in [-0.25, -0.2) is 0 Å². The topological polar surface area (TPSA) is 107 Å². The van der Waals surface area contributed by atoms with Crippen LogP contribution in [0.25, 0.3) is 11.1 Å². The Hall–Kier alpha value is -2.24. The smallest absolute Gasteiger partial charge is 0.295 e. The van der Waals surface area contributed by atoms with Gasteiger partial charge in [-0.15, -0.1) is 0 Å². The standard InChI is InChI=1S/C12H16N4O2/c1-12(2,10(14)17)6-15-11-16-8-4-3-7(13)5-9(8)18-11/h3-5H,6,13H2,1-2H3,(H2,14,17)(H,15,16). The van der Waals surface area contributed by atoms with Crippen molar-refractivity contribution in [2.75, 3.05) is 17.6 Å². The van der Waals surface area contributed by atoms with E-state index >= 15 is 0 Å². The quantitative estimate of drug-likeness (QED) is 0.707. The highest BCUT2D eigenvalue weighted by molar-refractivity contribution is 5.81. The van der Waals surface area contributed by atoms with E-state index in [0.29, 0.717) is 29.3 Å². The fourth-order valence-corrected chi connectivity index (χ4v) is 1.40. The first-order chi connectivity index (χ1) is 8.38. The number of carbonyl (C=O) groups excluding carboxylic acids is 1. The third-order valence-corrected chi connectivity index (χ3v) is 2.76. The van der Waals surface area contributed by atoms with Crippen molar-refractivity contribution in [2.45, 2.75) is 13.8 Å². The minimum atomic E-state index is -0.667. The molecule has 0 saturated heterocycles. The van der Waals surface area contributed by atoms with E-state index in [0.717, 1.165) is 0 Å². The van der Waals surface area contributed by atoms with Gasteiger partial charge < -0.3 is 21.2 Å². The first-order valence-electron chi connectivity index (χ1n) is 5.58. The number of amides is 1. The van der Waals surface area contributed by atoms with Crippen LogP contribution >= 0.6 is 0 Å². The lowest BCUT2D eigenvalue weighted by atomic mass is 9.93. The molecule has 0 saturated carbocycles. The largest absolute Gasteiger partial charge is 0.423 e. The summed E-state index contributed by atoms with van der Waals surface area (Å²) >= 11 is 0. The zero-order valence-electron chi connectivity index (χ0n) is 10.4. The van der Waals surface area contributed by atoms with E-state index < -0.39 is 5.41 Å². The molecule has 0 unspecified atom stereocenters. The normalized spacial score (nSPS) is 11.7. The monoisotopic (exact) mass is 248 g/mol. The first kappa shape index (κ1) is 12.2. The van der Waals surface area contributed by atoms with E-state index in [1.54, 1.807) is 32.0 Å². The van der Waals surface area contributed by atoms with Crippen LogP contribution in [-0.2, 0) is 4.79 Å². The number of nitrogens with zero attached hydrogens (tertiary/aromatic N) is 1. The SMILES string of the molecule is CC(C)(CNc1nc2ccc(N)cc2o1)C(N)=O. The Morgan fingerprint density at radius 2 is 2.22 bits per heavy atom. The average molecular weight is 248 g/mol. The predicted molar refractivity (Wildman–Crippen MR) is 69.9 cm³/mol. The summed E-state index contributed by atoms with van der Waals surface area (Å²) in [5.41, 5.74) is 12.2. The Balaban J connectivity index is 2.15. The molecule has 2 aromatic rings. The lowest BCUT2D eigenvalue weighted by Crippen LogP contribution is -2.37. The van der Waals surface area contributed by atoms with Crippen LogP contribution in [0.15, 0.2) is 22.6 Å². The highest BCUT2D eigenvalue weighted by Gasteiger charge is 2.25. The molecule has 0 fully saturated rings. The number of primary amides is 1. The number of nitrogen functional groups attached to an aromatic ring is 1. The van der Waals surface area contributed by atoms with E-state index in [4.69, 9.17) is 15.9 Å². The van der Waals surface area contributed by atoms with Crippen molar-refractivity contribution < 1.29 is 9.21 Å². The van der Waals surface area contributed by atoms with Gasteiger partial charge in [0.05, 0.1) is 5.41 Å². The van der Waals surface area contributed by atoms with Gasteiger partial charge in [0.1, 0.15) is 5.52 Å². The van der Waals surface area contributed by atoms with Crippen molar-refractivity contribution in [3.63, 3.8) is 0 Å². The van der Waals surface area contributed by atoms with Crippen LogP contribution in [0.3, 0.4) is 0 Å². The van der Waals surface area contributed by atoms with Crippen molar-refractivity contribution >= 4 is 28.7 Å². The van der Waals surface area contributed by atoms with Crippen LogP contribution in [-0.4, -0.2) is 17.4 Å². The molecule has 0 aliphatic carbocycles. The second kappa shape index (κ2) is 4.21. The molecule has 0 spiro atoms. The van der Waals surface area contributed by atoms with E-state index in [1.807, 2.05) is 0 Å². The van der Waals surface area contributed by atoms with Crippen molar-refractivity contribution in [2.24, 2.45) is 11.1 Å². The second-order valence-corrected chi connectivity index (χ2v) is 4.85. The zero-order chi connectivity index (χ0) is 13.3. The summed E-state index contributed by atoms with van der Waals surface area (Å²) in [6.07, 6.45) is 0. The van der Waals surface area contributed by atoms with E-state index in [9.17, 15) is 4.79 Å². The molecule has 0 atom stereocenters. The van der Waals surface area contributed by atoms with Gasteiger partial charge in [-0.1, -0.05) is 0 Å². The summed E-state index contributed by atoms with van der Waals surface area (Å²) in [7, 11) is 0.